The van der Waals surface area contributed by atoms with Crippen molar-refractivity contribution in [3.63, 3.8) is 0 Å². The normalized spacial score (nSPS) is 12.4. The summed E-state index contributed by atoms with van der Waals surface area (Å²) in [6.45, 7) is 9.10. The lowest BCUT2D eigenvalue weighted by molar-refractivity contribution is 0.493. The van der Waals surface area contributed by atoms with Crippen LogP contribution in [-0.4, -0.2) is 6.54 Å². The molecule has 0 saturated carbocycles. The van der Waals surface area contributed by atoms with Crippen LogP contribution in [0.5, 0.6) is 0 Å². The second-order valence-corrected chi connectivity index (χ2v) is 5.40. The average molecular weight is 314 g/mol. The zero-order valence-corrected chi connectivity index (χ0v) is 12.7. The zero-order chi connectivity index (χ0) is 13.5. The van der Waals surface area contributed by atoms with E-state index in [9.17, 15) is 4.39 Å². The first-order valence-corrected chi connectivity index (χ1v) is 7.22. The number of hydrogen-bond acceptors (Lipinski definition) is 1. The molecule has 0 aliphatic carbocycles. The number of benzene rings is 1. The molecule has 0 aliphatic rings. The Kier molecular flexibility index (Phi) is 6.58. The minimum Gasteiger partial charge on any atom is -0.310 e. The smallest absolute Gasteiger partial charge is 0.129 e. The molecule has 0 heterocycles. The van der Waals surface area contributed by atoms with Gasteiger partial charge in [-0.05, 0) is 37.9 Å². The Hall–Kier alpha value is -0.670. The molecule has 0 spiro atoms. The van der Waals surface area contributed by atoms with E-state index in [1.54, 1.807) is 0 Å². The third kappa shape index (κ3) is 4.54. The van der Waals surface area contributed by atoms with Crippen LogP contribution in [0.25, 0.3) is 0 Å². The Balaban J connectivity index is 2.89. The molecule has 1 unspecified atom stereocenters. The standard InChI is InChI=1S/C15H21BrFN/c1-4-8-18-15(9-11(3)5-2)13-7-6-12(16)10-14(13)17/h6-7,10,15,18H,3-5,8-9H2,1-2H3. The van der Waals surface area contributed by atoms with Crippen LogP contribution in [0.2, 0.25) is 0 Å². The molecule has 0 amide bonds. The number of rotatable bonds is 7. The number of nitrogens with one attached hydrogen (secondary N) is 1. The summed E-state index contributed by atoms with van der Waals surface area (Å²) < 4.78 is 14.8. The lowest BCUT2D eigenvalue weighted by Crippen LogP contribution is -2.23. The van der Waals surface area contributed by atoms with E-state index in [0.29, 0.717) is 0 Å². The van der Waals surface area contributed by atoms with Gasteiger partial charge in [0.1, 0.15) is 5.82 Å². The summed E-state index contributed by atoms with van der Waals surface area (Å²) in [6, 6.07) is 5.26. The Morgan fingerprint density at radius 3 is 2.72 bits per heavy atom. The van der Waals surface area contributed by atoms with Crippen molar-refractivity contribution in [3.05, 3.63) is 46.2 Å². The predicted octanol–water partition coefficient (Wildman–Crippen LogP) is 4.99. The first kappa shape index (κ1) is 15.4. The highest BCUT2D eigenvalue weighted by Crippen LogP contribution is 2.26. The SMILES string of the molecule is C=C(CC)CC(NCCC)c1ccc(Br)cc1F. The summed E-state index contributed by atoms with van der Waals surface area (Å²) in [4.78, 5) is 0. The maximum Gasteiger partial charge on any atom is 0.129 e. The summed E-state index contributed by atoms with van der Waals surface area (Å²) in [5, 5.41) is 3.40. The maximum absolute atomic E-state index is 14.0. The van der Waals surface area contributed by atoms with Crippen LogP contribution in [0, 0.1) is 5.82 Å². The third-order valence-electron chi connectivity index (χ3n) is 2.97. The van der Waals surface area contributed by atoms with E-state index in [-0.39, 0.29) is 11.9 Å². The van der Waals surface area contributed by atoms with Gasteiger partial charge in [-0.1, -0.05) is 48.0 Å². The van der Waals surface area contributed by atoms with E-state index in [0.717, 1.165) is 41.4 Å². The summed E-state index contributed by atoms with van der Waals surface area (Å²) in [7, 11) is 0. The highest BCUT2D eigenvalue weighted by atomic mass is 79.9. The molecule has 0 bridgehead atoms. The number of halogens is 2. The van der Waals surface area contributed by atoms with Crippen molar-refractivity contribution in [2.75, 3.05) is 6.54 Å². The molecule has 1 nitrogen and oxygen atoms in total. The quantitative estimate of drug-likeness (QED) is 0.700. The van der Waals surface area contributed by atoms with Crippen LogP contribution in [-0.2, 0) is 0 Å². The molecule has 0 saturated heterocycles. The van der Waals surface area contributed by atoms with Crippen LogP contribution >= 0.6 is 15.9 Å². The Morgan fingerprint density at radius 1 is 1.44 bits per heavy atom. The highest BCUT2D eigenvalue weighted by Gasteiger charge is 2.15. The Morgan fingerprint density at radius 2 is 2.17 bits per heavy atom. The second-order valence-electron chi connectivity index (χ2n) is 4.48. The van der Waals surface area contributed by atoms with Gasteiger partial charge >= 0.3 is 0 Å². The third-order valence-corrected chi connectivity index (χ3v) is 3.46. The molecular weight excluding hydrogens is 293 g/mol. The van der Waals surface area contributed by atoms with Crippen molar-refractivity contribution >= 4 is 15.9 Å². The van der Waals surface area contributed by atoms with Crippen LogP contribution in [0.3, 0.4) is 0 Å². The molecule has 18 heavy (non-hydrogen) atoms. The van der Waals surface area contributed by atoms with Gasteiger partial charge in [0.25, 0.3) is 0 Å². The van der Waals surface area contributed by atoms with Gasteiger partial charge in [0.15, 0.2) is 0 Å². The van der Waals surface area contributed by atoms with E-state index in [1.807, 2.05) is 12.1 Å². The Labute approximate surface area is 118 Å². The zero-order valence-electron chi connectivity index (χ0n) is 11.1. The fourth-order valence-corrected chi connectivity index (χ4v) is 2.16. The van der Waals surface area contributed by atoms with Crippen LogP contribution in [0.1, 0.15) is 44.7 Å². The van der Waals surface area contributed by atoms with E-state index in [2.05, 4.69) is 41.7 Å². The van der Waals surface area contributed by atoms with Gasteiger partial charge in [-0.2, -0.15) is 0 Å². The molecule has 0 aromatic heterocycles. The van der Waals surface area contributed by atoms with Gasteiger partial charge in [0, 0.05) is 16.1 Å². The van der Waals surface area contributed by atoms with Gasteiger partial charge in [-0.15, -0.1) is 0 Å². The first-order valence-electron chi connectivity index (χ1n) is 6.43. The van der Waals surface area contributed by atoms with Gasteiger partial charge < -0.3 is 5.32 Å². The van der Waals surface area contributed by atoms with E-state index >= 15 is 0 Å². The van der Waals surface area contributed by atoms with Gasteiger partial charge in [-0.3, -0.25) is 0 Å². The monoisotopic (exact) mass is 313 g/mol. The predicted molar refractivity (Wildman–Crippen MR) is 79.2 cm³/mol. The molecule has 1 N–H and O–H groups in total. The van der Waals surface area contributed by atoms with Gasteiger partial charge in [0.2, 0.25) is 0 Å². The lowest BCUT2D eigenvalue weighted by Gasteiger charge is -2.20. The molecule has 1 rings (SSSR count). The first-order chi connectivity index (χ1) is 8.58. The summed E-state index contributed by atoms with van der Waals surface area (Å²) in [5.41, 5.74) is 1.87. The van der Waals surface area contributed by atoms with Crippen molar-refractivity contribution in [1.82, 2.24) is 5.32 Å². The van der Waals surface area contributed by atoms with Crippen molar-refractivity contribution in [3.8, 4) is 0 Å². The van der Waals surface area contributed by atoms with Crippen LogP contribution in [0.15, 0.2) is 34.8 Å². The summed E-state index contributed by atoms with van der Waals surface area (Å²) in [5.74, 6) is -0.165. The van der Waals surface area contributed by atoms with E-state index in [4.69, 9.17) is 0 Å². The van der Waals surface area contributed by atoms with Gasteiger partial charge in [-0.25, -0.2) is 4.39 Å². The van der Waals surface area contributed by atoms with Gasteiger partial charge in [0.05, 0.1) is 0 Å². The van der Waals surface area contributed by atoms with E-state index < -0.39 is 0 Å². The molecule has 1 atom stereocenters. The lowest BCUT2D eigenvalue weighted by atomic mass is 9.98. The summed E-state index contributed by atoms with van der Waals surface area (Å²) in [6.07, 6.45) is 2.75. The maximum atomic E-state index is 14.0. The number of hydrogen-bond donors (Lipinski definition) is 1. The molecule has 0 fully saturated rings. The van der Waals surface area contributed by atoms with E-state index in [1.165, 1.54) is 6.07 Å². The average Bonchev–Trinajstić information content (AvgIpc) is 2.34. The fourth-order valence-electron chi connectivity index (χ4n) is 1.83. The second kappa shape index (κ2) is 7.70. The molecule has 0 radical (unpaired) electrons. The van der Waals surface area contributed by atoms with Crippen molar-refractivity contribution in [2.45, 2.75) is 39.2 Å². The molecule has 3 heteroatoms. The van der Waals surface area contributed by atoms with Crippen LogP contribution in [0.4, 0.5) is 4.39 Å². The molecular formula is C15H21BrFN. The topological polar surface area (TPSA) is 12.0 Å². The Bertz CT molecular complexity index is 403. The minimum atomic E-state index is -0.165. The molecule has 1 aromatic rings. The molecule has 100 valence electrons. The van der Waals surface area contributed by atoms with Crippen molar-refractivity contribution in [2.24, 2.45) is 0 Å². The van der Waals surface area contributed by atoms with Crippen LogP contribution < -0.4 is 5.32 Å². The molecule has 1 aromatic carbocycles. The summed E-state index contributed by atoms with van der Waals surface area (Å²) >= 11 is 3.28. The van der Waals surface area contributed by atoms with Crippen molar-refractivity contribution in [1.29, 1.82) is 0 Å². The molecule has 0 aliphatic heterocycles. The fraction of sp³-hybridized carbons (Fsp3) is 0.467. The largest absolute Gasteiger partial charge is 0.310 e. The van der Waals surface area contributed by atoms with Crippen molar-refractivity contribution < 1.29 is 4.39 Å². The highest BCUT2D eigenvalue weighted by molar-refractivity contribution is 9.10. The minimum absolute atomic E-state index is 0.0190.